The predicted molar refractivity (Wildman–Crippen MR) is 171 cm³/mol. The van der Waals surface area contributed by atoms with Gasteiger partial charge in [0.15, 0.2) is 0 Å². The Hall–Kier alpha value is -4.78. The van der Waals surface area contributed by atoms with Crippen LogP contribution in [0, 0.1) is 0 Å². The van der Waals surface area contributed by atoms with Gasteiger partial charge in [-0.2, -0.15) is 5.10 Å². The van der Waals surface area contributed by atoms with Crippen molar-refractivity contribution in [3.63, 3.8) is 0 Å². The van der Waals surface area contributed by atoms with Crippen LogP contribution in [0.25, 0.3) is 0 Å². The van der Waals surface area contributed by atoms with Gasteiger partial charge >= 0.3 is 12.1 Å². The van der Waals surface area contributed by atoms with Gasteiger partial charge in [0.05, 0.1) is 25.2 Å². The van der Waals surface area contributed by atoms with Crippen LogP contribution in [0.1, 0.15) is 64.6 Å². The molecule has 0 aliphatic carbocycles. The average Bonchev–Trinajstić information content (AvgIpc) is 2.98. The Morgan fingerprint density at radius 1 is 0.822 bits per heavy atom. The molecule has 45 heavy (non-hydrogen) atoms. The number of ketones is 1. The highest BCUT2D eigenvalue weighted by Crippen LogP contribution is 2.21. The number of carbonyl (C=O) groups excluding carboxylic acids is 5. The van der Waals surface area contributed by atoms with Crippen LogP contribution in [0.2, 0.25) is 0 Å². The number of nitrogens with zero attached hydrogens (tertiary/aromatic N) is 1. The van der Waals surface area contributed by atoms with Crippen molar-refractivity contribution in [1.82, 2.24) is 32.0 Å². The van der Waals surface area contributed by atoms with Crippen molar-refractivity contribution in [2.75, 3.05) is 26.2 Å². The van der Waals surface area contributed by atoms with Crippen LogP contribution in [-0.4, -0.2) is 73.3 Å². The molecule has 0 radical (unpaired) electrons. The number of rotatable bonds is 16. The normalized spacial score (nSPS) is 12.1. The highest BCUT2D eigenvalue weighted by molar-refractivity contribution is 6.41. The number of benzene rings is 2. The van der Waals surface area contributed by atoms with E-state index in [1.165, 1.54) is 6.92 Å². The van der Waals surface area contributed by atoms with Gasteiger partial charge in [-0.25, -0.2) is 15.0 Å². The fourth-order valence-electron chi connectivity index (χ4n) is 4.09. The van der Waals surface area contributed by atoms with Crippen LogP contribution in [0.4, 0.5) is 9.59 Å². The van der Waals surface area contributed by atoms with Crippen LogP contribution in [0.3, 0.4) is 0 Å². The van der Waals surface area contributed by atoms with Gasteiger partial charge < -0.3 is 31.3 Å². The summed E-state index contributed by atoms with van der Waals surface area (Å²) in [5, 5.41) is 17.8. The molecule has 6 N–H and O–H groups in total. The zero-order valence-electron chi connectivity index (χ0n) is 26.6. The summed E-state index contributed by atoms with van der Waals surface area (Å²) in [4.78, 5) is 62.3. The Morgan fingerprint density at radius 3 is 1.96 bits per heavy atom. The molecule has 2 aromatic carbocycles. The summed E-state index contributed by atoms with van der Waals surface area (Å²) in [6.07, 6.45) is 0.343. The van der Waals surface area contributed by atoms with E-state index in [1.807, 2.05) is 67.6 Å². The maximum atomic E-state index is 13.1. The fraction of sp³-hybridized carbons (Fsp3) is 0.438. The Bertz CT molecular complexity index is 1260. The van der Waals surface area contributed by atoms with Crippen molar-refractivity contribution in [1.29, 1.82) is 0 Å². The molecule has 0 aromatic heterocycles. The first-order chi connectivity index (χ1) is 21.4. The maximum Gasteiger partial charge on any atom is 0.407 e. The van der Waals surface area contributed by atoms with Crippen molar-refractivity contribution in [2.24, 2.45) is 5.10 Å². The minimum absolute atomic E-state index is 0.109. The first-order valence-electron chi connectivity index (χ1n) is 14.9. The van der Waals surface area contributed by atoms with Gasteiger partial charge in [0.25, 0.3) is 5.91 Å². The van der Waals surface area contributed by atoms with Crippen LogP contribution >= 0.6 is 0 Å². The van der Waals surface area contributed by atoms with Gasteiger partial charge in [-0.15, -0.1) is 0 Å². The van der Waals surface area contributed by atoms with E-state index >= 15 is 0 Å². The Morgan fingerprint density at radius 2 is 1.42 bits per heavy atom. The lowest BCUT2D eigenvalue weighted by Crippen LogP contribution is -2.51. The summed E-state index contributed by atoms with van der Waals surface area (Å²) in [7, 11) is 0. The smallest absolute Gasteiger partial charge is 0.407 e. The first-order valence-corrected chi connectivity index (χ1v) is 14.9. The molecule has 1 unspecified atom stereocenters. The lowest BCUT2D eigenvalue weighted by Gasteiger charge is -2.22. The molecule has 0 bridgehead atoms. The van der Waals surface area contributed by atoms with Gasteiger partial charge in [-0.05, 0) is 45.2 Å². The van der Waals surface area contributed by atoms with Gasteiger partial charge in [0.1, 0.15) is 17.1 Å². The molecular weight excluding hydrogens is 578 g/mol. The second kappa shape index (κ2) is 18.8. The number of amides is 5. The topological polar surface area (TPSA) is 179 Å². The largest absolute Gasteiger partial charge is 0.444 e. The summed E-state index contributed by atoms with van der Waals surface area (Å²) < 4.78 is 5.17. The number of alkyl carbamates (subject to hydrolysis) is 1. The molecule has 0 aliphatic heterocycles. The summed E-state index contributed by atoms with van der Waals surface area (Å²) in [5.41, 5.74) is 3.29. The minimum Gasteiger partial charge on any atom is -0.444 e. The molecule has 2 rings (SSSR count). The number of nitrogens with one attached hydrogen (secondary N) is 6. The molecule has 13 nitrogen and oxygen atoms in total. The van der Waals surface area contributed by atoms with E-state index in [-0.39, 0.29) is 37.7 Å². The molecule has 13 heteroatoms. The summed E-state index contributed by atoms with van der Waals surface area (Å²) in [6.45, 7) is 8.63. The zero-order chi connectivity index (χ0) is 33.2. The molecule has 244 valence electrons. The Balaban J connectivity index is 2.11. The molecule has 0 spiro atoms. The number of hydrogen-bond acceptors (Lipinski definition) is 8. The summed E-state index contributed by atoms with van der Waals surface area (Å²) in [6, 6.07) is 16.7. The number of hydrogen-bond donors (Lipinski definition) is 6. The Labute approximate surface area is 264 Å². The molecule has 0 heterocycles. The minimum atomic E-state index is -0.865. The highest BCUT2D eigenvalue weighted by atomic mass is 16.6. The third kappa shape index (κ3) is 14.5. The number of hydrazone groups is 1. The average molecular weight is 624 g/mol. The number of Topliss-reactive ketones (excluding diaryl/α,β-unsaturated/α-hetero) is 1. The molecule has 0 fully saturated rings. The van der Waals surface area contributed by atoms with Crippen molar-refractivity contribution in [2.45, 2.75) is 65.1 Å². The molecule has 0 saturated carbocycles. The molecule has 0 aliphatic rings. The summed E-state index contributed by atoms with van der Waals surface area (Å²) >= 11 is 0. The monoisotopic (exact) mass is 623 g/mol. The van der Waals surface area contributed by atoms with Crippen molar-refractivity contribution < 1.29 is 28.7 Å². The van der Waals surface area contributed by atoms with E-state index in [9.17, 15) is 24.0 Å². The lowest BCUT2D eigenvalue weighted by atomic mass is 9.99. The molecule has 1 atom stereocenters. The van der Waals surface area contributed by atoms with Crippen LogP contribution in [0.5, 0.6) is 0 Å². The highest BCUT2D eigenvalue weighted by Gasteiger charge is 2.26. The van der Waals surface area contributed by atoms with E-state index in [0.717, 1.165) is 11.1 Å². The van der Waals surface area contributed by atoms with E-state index in [2.05, 4.69) is 37.1 Å². The van der Waals surface area contributed by atoms with Crippen LogP contribution < -0.4 is 32.0 Å². The third-order valence-electron chi connectivity index (χ3n) is 6.05. The SMILES string of the molecule is CCCC(NC(=O)CNCCNC(=O)OC(C)(C)C)C(=NNC(=O)NC(c1ccccc1)c1ccccc1)C(=O)NCC(C)=O. The van der Waals surface area contributed by atoms with Crippen LogP contribution in [0.15, 0.2) is 65.8 Å². The van der Waals surface area contributed by atoms with Crippen molar-refractivity contribution in [3.8, 4) is 0 Å². The van der Waals surface area contributed by atoms with E-state index in [0.29, 0.717) is 12.8 Å². The predicted octanol–water partition coefficient (Wildman–Crippen LogP) is 2.54. The van der Waals surface area contributed by atoms with Crippen LogP contribution in [-0.2, 0) is 19.1 Å². The molecule has 5 amide bonds. The van der Waals surface area contributed by atoms with Crippen molar-refractivity contribution in [3.05, 3.63) is 71.8 Å². The van der Waals surface area contributed by atoms with Gasteiger partial charge in [0, 0.05) is 13.1 Å². The standard InChI is InChI=1S/C32H45N7O6/c1-6-13-25(36-26(41)21-33-18-19-34-31(44)45-32(3,4)5)28(29(42)35-20-22(2)40)38-39-30(43)37-27(23-14-9-7-10-15-23)24-16-11-8-12-17-24/h7-12,14-17,25,27,33H,6,13,18-21H2,1-5H3,(H,34,44)(H,35,42)(H,36,41)(H2,37,39,43). The third-order valence-corrected chi connectivity index (χ3v) is 6.05. The fourth-order valence-corrected chi connectivity index (χ4v) is 4.09. The first kappa shape index (κ1) is 36.4. The number of urea groups is 1. The number of ether oxygens (including phenoxy) is 1. The number of carbonyl (C=O) groups is 5. The van der Waals surface area contributed by atoms with E-state index in [1.54, 1.807) is 20.8 Å². The van der Waals surface area contributed by atoms with E-state index < -0.39 is 41.6 Å². The summed E-state index contributed by atoms with van der Waals surface area (Å²) in [5.74, 6) is -1.42. The second-order valence-electron chi connectivity index (χ2n) is 11.2. The van der Waals surface area contributed by atoms with E-state index in [4.69, 9.17) is 4.74 Å². The van der Waals surface area contributed by atoms with Crippen molar-refractivity contribution >= 4 is 35.4 Å². The van der Waals surface area contributed by atoms with Gasteiger partial charge in [-0.3, -0.25) is 14.4 Å². The molecular formula is C32H45N7O6. The molecule has 0 saturated heterocycles. The Kier molecular flexibility index (Phi) is 15.2. The molecule has 2 aromatic rings. The van der Waals surface area contributed by atoms with Gasteiger partial charge in [-0.1, -0.05) is 74.0 Å². The quantitative estimate of drug-likeness (QED) is 0.0945. The maximum absolute atomic E-state index is 13.1. The second-order valence-corrected chi connectivity index (χ2v) is 11.2. The van der Waals surface area contributed by atoms with Gasteiger partial charge in [0.2, 0.25) is 5.91 Å². The zero-order valence-corrected chi connectivity index (χ0v) is 26.6. The lowest BCUT2D eigenvalue weighted by molar-refractivity contribution is -0.121.